The first kappa shape index (κ1) is 22.7. The first-order chi connectivity index (χ1) is 15.5. The largest absolute Gasteiger partial charge is 0.358 e. The smallest absolute Gasteiger partial charge is 0.232 e. The summed E-state index contributed by atoms with van der Waals surface area (Å²) in [6.07, 6.45) is 4.91. The van der Waals surface area contributed by atoms with Crippen molar-refractivity contribution in [2.45, 2.75) is 46.1 Å². The molecule has 0 saturated carbocycles. The summed E-state index contributed by atoms with van der Waals surface area (Å²) >= 11 is 5.49. The fourth-order valence-electron chi connectivity index (χ4n) is 4.71. The number of nitrogens with zero attached hydrogens (tertiary/aromatic N) is 4. The Bertz CT molecular complexity index is 905. The Hall–Kier alpha value is -2.48. The molecule has 172 valence electrons. The van der Waals surface area contributed by atoms with Gasteiger partial charge in [0, 0.05) is 38.8 Å². The van der Waals surface area contributed by atoms with Crippen molar-refractivity contribution in [1.82, 2.24) is 15.3 Å². The Morgan fingerprint density at radius 1 is 1.00 bits per heavy atom. The summed E-state index contributed by atoms with van der Waals surface area (Å²) in [7, 11) is 0. The standard InChI is InChI=1S/C24H33FN6S/c1-17-12-18(2)16-31(15-17)22-13-21(30-10-4-3-5-11-30)27-23(28-22)29-24(32)26-14-19-6-8-20(25)9-7-19/h6-9,13,17-18H,3-5,10-12,14-16H2,1-2H3,(H2,26,27,28,29,32)/t17-,18+. The number of hydrogen-bond donors (Lipinski definition) is 2. The van der Waals surface area contributed by atoms with Gasteiger partial charge >= 0.3 is 0 Å². The fraction of sp³-hybridized carbons (Fsp3) is 0.542. The zero-order valence-electron chi connectivity index (χ0n) is 19.0. The average molecular weight is 457 g/mol. The molecule has 8 heteroatoms. The molecule has 2 aromatic rings. The Morgan fingerprint density at radius 3 is 2.28 bits per heavy atom. The molecule has 6 nitrogen and oxygen atoms in total. The molecule has 2 aliphatic heterocycles. The molecule has 2 saturated heterocycles. The van der Waals surface area contributed by atoms with E-state index in [2.05, 4.69) is 40.3 Å². The van der Waals surface area contributed by atoms with Crippen LogP contribution in [0.3, 0.4) is 0 Å². The summed E-state index contributed by atoms with van der Waals surface area (Å²) in [6.45, 7) is 9.19. The minimum absolute atomic E-state index is 0.244. The van der Waals surface area contributed by atoms with E-state index in [4.69, 9.17) is 22.2 Å². The van der Waals surface area contributed by atoms with E-state index in [1.54, 1.807) is 12.1 Å². The second kappa shape index (κ2) is 10.4. The van der Waals surface area contributed by atoms with E-state index in [0.29, 0.717) is 29.4 Å². The second-order valence-electron chi connectivity index (χ2n) is 9.24. The zero-order chi connectivity index (χ0) is 22.5. The molecule has 2 N–H and O–H groups in total. The lowest BCUT2D eigenvalue weighted by Crippen LogP contribution is -2.40. The van der Waals surface area contributed by atoms with Gasteiger partial charge in [-0.25, -0.2) is 4.39 Å². The van der Waals surface area contributed by atoms with Gasteiger partial charge in [0.15, 0.2) is 5.11 Å². The van der Waals surface area contributed by atoms with E-state index in [0.717, 1.165) is 43.4 Å². The molecule has 0 bridgehead atoms. The van der Waals surface area contributed by atoms with Crippen LogP contribution in [0.2, 0.25) is 0 Å². The van der Waals surface area contributed by atoms with Crippen LogP contribution >= 0.6 is 12.2 Å². The van der Waals surface area contributed by atoms with Crippen molar-refractivity contribution >= 4 is 34.9 Å². The van der Waals surface area contributed by atoms with Crippen molar-refractivity contribution < 1.29 is 4.39 Å². The van der Waals surface area contributed by atoms with Crippen LogP contribution in [0.1, 0.15) is 45.1 Å². The molecule has 1 aromatic heterocycles. The van der Waals surface area contributed by atoms with Crippen molar-refractivity contribution in [3.05, 3.63) is 41.7 Å². The molecule has 0 unspecified atom stereocenters. The third-order valence-electron chi connectivity index (χ3n) is 6.16. The van der Waals surface area contributed by atoms with Gasteiger partial charge in [0.25, 0.3) is 0 Å². The Balaban J connectivity index is 1.50. The minimum Gasteiger partial charge on any atom is -0.358 e. The monoisotopic (exact) mass is 456 g/mol. The van der Waals surface area contributed by atoms with Gasteiger partial charge < -0.3 is 20.4 Å². The molecule has 0 amide bonds. The Labute approximate surface area is 195 Å². The molecular weight excluding hydrogens is 423 g/mol. The van der Waals surface area contributed by atoms with Crippen LogP contribution in [0.4, 0.5) is 22.0 Å². The van der Waals surface area contributed by atoms with Crippen LogP contribution in [0, 0.1) is 17.7 Å². The summed E-state index contributed by atoms with van der Waals surface area (Å²) in [6, 6.07) is 8.53. The van der Waals surface area contributed by atoms with Crippen LogP contribution in [0.15, 0.2) is 30.3 Å². The first-order valence-corrected chi connectivity index (χ1v) is 12.1. The summed E-state index contributed by atoms with van der Waals surface area (Å²) in [5.41, 5.74) is 0.954. The number of anilines is 3. The number of halogens is 1. The van der Waals surface area contributed by atoms with Crippen LogP contribution in [0.5, 0.6) is 0 Å². The molecular formula is C24H33FN6S. The van der Waals surface area contributed by atoms with Crippen LogP contribution in [-0.4, -0.2) is 41.3 Å². The van der Waals surface area contributed by atoms with Gasteiger partial charge in [-0.05, 0) is 67.4 Å². The van der Waals surface area contributed by atoms with Crippen LogP contribution < -0.4 is 20.4 Å². The Kier molecular flexibility index (Phi) is 7.40. The predicted molar refractivity (Wildman–Crippen MR) is 133 cm³/mol. The lowest BCUT2D eigenvalue weighted by atomic mass is 9.92. The highest BCUT2D eigenvalue weighted by Crippen LogP contribution is 2.29. The van der Waals surface area contributed by atoms with Gasteiger partial charge in [0.1, 0.15) is 17.5 Å². The minimum atomic E-state index is -0.244. The summed E-state index contributed by atoms with van der Waals surface area (Å²) in [5, 5.41) is 6.80. The van der Waals surface area contributed by atoms with E-state index in [9.17, 15) is 4.39 Å². The highest BCUT2D eigenvalue weighted by molar-refractivity contribution is 7.80. The number of hydrogen-bond acceptors (Lipinski definition) is 5. The SMILES string of the molecule is C[C@@H]1C[C@H](C)CN(c2cc(N3CCCCC3)nc(NC(=S)NCc3ccc(F)cc3)n2)C1. The van der Waals surface area contributed by atoms with Crippen molar-refractivity contribution in [3.8, 4) is 0 Å². The van der Waals surface area contributed by atoms with Crippen molar-refractivity contribution in [2.24, 2.45) is 11.8 Å². The number of benzene rings is 1. The van der Waals surface area contributed by atoms with Crippen LogP contribution in [0.25, 0.3) is 0 Å². The van der Waals surface area contributed by atoms with Crippen LogP contribution in [-0.2, 0) is 6.54 Å². The maximum atomic E-state index is 13.1. The van der Waals surface area contributed by atoms with Crippen molar-refractivity contribution in [2.75, 3.05) is 41.3 Å². The maximum Gasteiger partial charge on any atom is 0.232 e. The highest BCUT2D eigenvalue weighted by atomic mass is 32.1. The van der Waals surface area contributed by atoms with E-state index in [1.807, 2.05) is 0 Å². The number of rotatable bonds is 5. The number of aromatic nitrogens is 2. The third kappa shape index (κ3) is 6.06. The van der Waals surface area contributed by atoms with Gasteiger partial charge in [0.05, 0.1) is 0 Å². The molecule has 0 spiro atoms. The predicted octanol–water partition coefficient (Wildman–Crippen LogP) is 4.57. The molecule has 0 aliphatic carbocycles. The van der Waals surface area contributed by atoms with Gasteiger partial charge in [-0.15, -0.1) is 0 Å². The molecule has 4 rings (SSSR count). The van der Waals surface area contributed by atoms with Gasteiger partial charge in [-0.2, -0.15) is 9.97 Å². The zero-order valence-corrected chi connectivity index (χ0v) is 19.8. The average Bonchev–Trinajstić information content (AvgIpc) is 2.78. The fourth-order valence-corrected chi connectivity index (χ4v) is 4.87. The lowest BCUT2D eigenvalue weighted by molar-refractivity contribution is 0.355. The molecule has 2 atom stereocenters. The number of piperidine rings is 2. The second-order valence-corrected chi connectivity index (χ2v) is 9.65. The summed E-state index contributed by atoms with van der Waals surface area (Å²) in [4.78, 5) is 14.4. The van der Waals surface area contributed by atoms with Crippen molar-refractivity contribution in [3.63, 3.8) is 0 Å². The highest BCUT2D eigenvalue weighted by Gasteiger charge is 2.25. The van der Waals surface area contributed by atoms with Gasteiger partial charge in [0.2, 0.25) is 5.95 Å². The normalized spacial score (nSPS) is 21.3. The number of nitrogens with one attached hydrogen (secondary N) is 2. The molecule has 2 aliphatic rings. The molecule has 32 heavy (non-hydrogen) atoms. The third-order valence-corrected chi connectivity index (χ3v) is 6.41. The molecule has 3 heterocycles. The molecule has 1 aromatic carbocycles. The van der Waals surface area contributed by atoms with E-state index < -0.39 is 0 Å². The van der Waals surface area contributed by atoms with E-state index in [-0.39, 0.29) is 5.82 Å². The van der Waals surface area contributed by atoms with Crippen molar-refractivity contribution in [1.29, 1.82) is 0 Å². The molecule has 0 radical (unpaired) electrons. The summed E-state index contributed by atoms with van der Waals surface area (Å²) < 4.78 is 13.1. The maximum absolute atomic E-state index is 13.1. The Morgan fingerprint density at radius 2 is 1.62 bits per heavy atom. The van der Waals surface area contributed by atoms with E-state index >= 15 is 0 Å². The van der Waals surface area contributed by atoms with Gasteiger partial charge in [-0.3, -0.25) is 0 Å². The topological polar surface area (TPSA) is 56.3 Å². The summed E-state index contributed by atoms with van der Waals surface area (Å²) in [5.74, 6) is 3.48. The first-order valence-electron chi connectivity index (χ1n) is 11.6. The number of thiocarbonyl (C=S) groups is 1. The quantitative estimate of drug-likeness (QED) is 0.639. The molecule has 2 fully saturated rings. The van der Waals surface area contributed by atoms with Gasteiger partial charge in [-0.1, -0.05) is 26.0 Å². The van der Waals surface area contributed by atoms with E-state index in [1.165, 1.54) is 37.8 Å². The lowest BCUT2D eigenvalue weighted by Gasteiger charge is -2.36.